The zero-order valence-corrected chi connectivity index (χ0v) is 14.0. The van der Waals surface area contributed by atoms with Crippen LogP contribution in [0.3, 0.4) is 0 Å². The fraction of sp³-hybridized carbons (Fsp3) is 0.333. The highest BCUT2D eigenvalue weighted by Gasteiger charge is 2.32. The Bertz CT molecular complexity index is 663. The quantitative estimate of drug-likeness (QED) is 0.786. The molecule has 5 heteroatoms. The van der Waals surface area contributed by atoms with Crippen molar-refractivity contribution >= 4 is 17.9 Å². The first-order chi connectivity index (χ1) is 11.3. The molecule has 1 saturated heterocycles. The van der Waals surface area contributed by atoms with Gasteiger partial charge in [-0.05, 0) is 30.7 Å². The lowest BCUT2D eigenvalue weighted by molar-refractivity contribution is 0.0916. The summed E-state index contributed by atoms with van der Waals surface area (Å²) in [5.74, 6) is 0. The largest absolute Gasteiger partial charge is 0.445 e. The van der Waals surface area contributed by atoms with Crippen molar-refractivity contribution in [1.29, 1.82) is 0 Å². The Kier molecular flexibility index (Phi) is 5.18. The molecule has 2 heterocycles. The molecule has 3 rings (SSSR count). The lowest BCUT2D eigenvalue weighted by Gasteiger charge is -2.25. The van der Waals surface area contributed by atoms with Crippen molar-refractivity contribution in [3.05, 3.63) is 59.8 Å². The summed E-state index contributed by atoms with van der Waals surface area (Å²) in [6.07, 6.45) is 5.52. The number of hydrogen-bond acceptors (Lipinski definition) is 4. The van der Waals surface area contributed by atoms with Gasteiger partial charge in [0.25, 0.3) is 0 Å². The van der Waals surface area contributed by atoms with Gasteiger partial charge in [0, 0.05) is 18.3 Å². The molecule has 0 spiro atoms. The number of carbonyl (C=O) groups is 1. The maximum Gasteiger partial charge on any atom is 0.410 e. The molecule has 4 nitrogen and oxygen atoms in total. The van der Waals surface area contributed by atoms with E-state index in [-0.39, 0.29) is 12.1 Å². The minimum absolute atomic E-state index is 0.0643. The molecule has 1 fully saturated rings. The number of carbonyl (C=O) groups excluding carboxylic acids is 1. The zero-order chi connectivity index (χ0) is 16.1. The molecule has 0 unspecified atom stereocenters. The van der Waals surface area contributed by atoms with E-state index in [1.807, 2.05) is 47.6 Å². The van der Waals surface area contributed by atoms with E-state index in [4.69, 9.17) is 4.74 Å². The lowest BCUT2D eigenvalue weighted by atomic mass is 10.1. The van der Waals surface area contributed by atoms with Crippen LogP contribution in [-0.4, -0.2) is 28.8 Å². The van der Waals surface area contributed by atoms with E-state index in [2.05, 4.69) is 11.1 Å². The summed E-state index contributed by atoms with van der Waals surface area (Å²) in [4.78, 5) is 18.7. The lowest BCUT2D eigenvalue weighted by Crippen LogP contribution is -2.31. The Morgan fingerprint density at radius 2 is 2.13 bits per heavy atom. The molecule has 1 atom stereocenters. The molecule has 2 aromatic rings. The third-order valence-corrected chi connectivity index (χ3v) is 4.77. The number of thioether (sulfide) groups is 1. The minimum Gasteiger partial charge on any atom is -0.445 e. The fourth-order valence-corrected chi connectivity index (χ4v) is 3.54. The number of nitrogens with zero attached hydrogens (tertiary/aromatic N) is 2. The van der Waals surface area contributed by atoms with Gasteiger partial charge in [-0.25, -0.2) is 9.78 Å². The van der Waals surface area contributed by atoms with Crippen molar-refractivity contribution in [1.82, 2.24) is 9.88 Å². The van der Waals surface area contributed by atoms with Gasteiger partial charge in [0.1, 0.15) is 11.6 Å². The van der Waals surface area contributed by atoms with Gasteiger partial charge in [-0.2, -0.15) is 0 Å². The predicted octanol–water partition coefficient (Wildman–Crippen LogP) is 4.28. The van der Waals surface area contributed by atoms with E-state index < -0.39 is 0 Å². The van der Waals surface area contributed by atoms with E-state index >= 15 is 0 Å². The van der Waals surface area contributed by atoms with Gasteiger partial charge in [0.2, 0.25) is 0 Å². The number of rotatable bonds is 4. The van der Waals surface area contributed by atoms with Crippen LogP contribution in [0.1, 0.15) is 30.0 Å². The molecule has 1 aliphatic rings. The van der Waals surface area contributed by atoms with Crippen molar-refractivity contribution in [2.75, 3.05) is 12.8 Å². The average Bonchev–Trinajstić information content (AvgIpc) is 3.10. The molecule has 1 aromatic heterocycles. The summed E-state index contributed by atoms with van der Waals surface area (Å²) in [6.45, 7) is 1.05. The van der Waals surface area contributed by atoms with Crippen molar-refractivity contribution in [3.63, 3.8) is 0 Å². The summed E-state index contributed by atoms with van der Waals surface area (Å²) in [5.41, 5.74) is 2.12. The van der Waals surface area contributed by atoms with Gasteiger partial charge in [0.15, 0.2) is 0 Å². The van der Waals surface area contributed by atoms with Gasteiger partial charge in [0.05, 0.1) is 6.04 Å². The summed E-state index contributed by atoms with van der Waals surface area (Å²) < 4.78 is 5.50. The highest BCUT2D eigenvalue weighted by molar-refractivity contribution is 7.98. The van der Waals surface area contributed by atoms with E-state index in [1.165, 1.54) is 0 Å². The number of benzene rings is 1. The zero-order valence-electron chi connectivity index (χ0n) is 13.1. The first-order valence-electron chi connectivity index (χ1n) is 7.76. The molecule has 0 saturated carbocycles. The molecule has 1 aliphatic heterocycles. The summed E-state index contributed by atoms with van der Waals surface area (Å²) in [5, 5.41) is 0.986. The first-order valence-corrected chi connectivity index (χ1v) is 8.98. The van der Waals surface area contributed by atoms with Crippen LogP contribution in [-0.2, 0) is 11.3 Å². The Morgan fingerprint density at radius 3 is 2.91 bits per heavy atom. The van der Waals surface area contributed by atoms with Crippen molar-refractivity contribution in [2.24, 2.45) is 0 Å². The molecule has 120 valence electrons. The van der Waals surface area contributed by atoms with E-state index in [1.54, 1.807) is 18.0 Å². The summed E-state index contributed by atoms with van der Waals surface area (Å²) in [7, 11) is 0. The van der Waals surface area contributed by atoms with E-state index in [9.17, 15) is 4.79 Å². The van der Waals surface area contributed by atoms with Crippen LogP contribution in [0.25, 0.3) is 0 Å². The second kappa shape index (κ2) is 7.51. The van der Waals surface area contributed by atoms with Crippen LogP contribution in [0.5, 0.6) is 0 Å². The number of pyridine rings is 1. The molecule has 0 N–H and O–H groups in total. The van der Waals surface area contributed by atoms with Crippen LogP contribution in [0.2, 0.25) is 0 Å². The van der Waals surface area contributed by atoms with Crippen molar-refractivity contribution < 1.29 is 9.53 Å². The molecule has 1 aromatic carbocycles. The normalized spacial score (nSPS) is 17.3. The van der Waals surface area contributed by atoms with E-state index in [0.29, 0.717) is 6.61 Å². The second-order valence-corrected chi connectivity index (χ2v) is 6.29. The average molecular weight is 328 g/mol. The molecule has 1 amide bonds. The molecule has 0 radical (unpaired) electrons. The molecular formula is C18H20N2O2S. The van der Waals surface area contributed by atoms with E-state index in [0.717, 1.165) is 35.5 Å². The standard InChI is InChI=1S/C18H20N2O2S/c1-23-17-15(9-5-11-19-17)16-10-6-12-20(16)18(21)22-13-14-7-3-2-4-8-14/h2-5,7-9,11,16H,6,10,12-13H2,1H3/t16-/m1/s1. The maximum absolute atomic E-state index is 12.5. The SMILES string of the molecule is CSc1ncccc1[C@H]1CCCN1C(=O)OCc1ccccc1. The number of amides is 1. The van der Waals surface area contributed by atoms with Gasteiger partial charge < -0.3 is 9.64 Å². The Labute approximate surface area is 140 Å². The fourth-order valence-electron chi connectivity index (χ4n) is 2.94. The van der Waals surface area contributed by atoms with Gasteiger partial charge >= 0.3 is 6.09 Å². The van der Waals surface area contributed by atoms with Crippen molar-refractivity contribution in [2.45, 2.75) is 30.5 Å². The third kappa shape index (κ3) is 3.67. The Balaban J connectivity index is 1.70. The van der Waals surface area contributed by atoms with Gasteiger partial charge in [-0.3, -0.25) is 0 Å². The van der Waals surface area contributed by atoms with Gasteiger partial charge in [-0.15, -0.1) is 11.8 Å². The molecular weight excluding hydrogens is 308 g/mol. The number of aromatic nitrogens is 1. The number of hydrogen-bond donors (Lipinski definition) is 0. The topological polar surface area (TPSA) is 42.4 Å². The number of likely N-dealkylation sites (tertiary alicyclic amines) is 1. The van der Waals surface area contributed by atoms with Crippen LogP contribution >= 0.6 is 11.8 Å². The monoisotopic (exact) mass is 328 g/mol. The van der Waals surface area contributed by atoms with Crippen LogP contribution < -0.4 is 0 Å². The number of ether oxygens (including phenoxy) is 1. The first kappa shape index (κ1) is 15.9. The minimum atomic E-state index is -0.243. The maximum atomic E-state index is 12.5. The van der Waals surface area contributed by atoms with Crippen LogP contribution in [0.4, 0.5) is 4.79 Å². The van der Waals surface area contributed by atoms with Crippen LogP contribution in [0, 0.1) is 0 Å². The highest BCUT2D eigenvalue weighted by atomic mass is 32.2. The second-order valence-electron chi connectivity index (χ2n) is 5.49. The predicted molar refractivity (Wildman–Crippen MR) is 91.3 cm³/mol. The van der Waals surface area contributed by atoms with Crippen molar-refractivity contribution in [3.8, 4) is 0 Å². The smallest absolute Gasteiger partial charge is 0.410 e. The molecule has 0 aliphatic carbocycles. The summed E-state index contributed by atoms with van der Waals surface area (Å²) in [6, 6.07) is 13.8. The Morgan fingerprint density at radius 1 is 1.30 bits per heavy atom. The highest BCUT2D eigenvalue weighted by Crippen LogP contribution is 2.36. The molecule has 0 bridgehead atoms. The Hall–Kier alpha value is -2.01. The summed E-state index contributed by atoms with van der Waals surface area (Å²) >= 11 is 1.62. The van der Waals surface area contributed by atoms with Gasteiger partial charge in [-0.1, -0.05) is 36.4 Å². The third-order valence-electron chi connectivity index (χ3n) is 4.05. The molecule has 23 heavy (non-hydrogen) atoms. The van der Waals surface area contributed by atoms with Crippen LogP contribution in [0.15, 0.2) is 53.7 Å².